The highest BCUT2D eigenvalue weighted by molar-refractivity contribution is 6.04. The lowest BCUT2D eigenvalue weighted by atomic mass is 10.1. The quantitative estimate of drug-likeness (QED) is 0.867. The Morgan fingerprint density at radius 3 is 2.38 bits per heavy atom. The molecule has 1 aromatic carbocycles. The van der Waals surface area contributed by atoms with Crippen molar-refractivity contribution in [2.45, 2.75) is 31.7 Å². The number of nitrogens with zero attached hydrogens (tertiary/aromatic N) is 2. The molecule has 0 atom stereocenters. The second-order valence-electron chi connectivity index (χ2n) is 6.78. The second-order valence-corrected chi connectivity index (χ2v) is 6.78. The molecule has 26 heavy (non-hydrogen) atoms. The first-order valence-corrected chi connectivity index (χ1v) is 8.88. The highest BCUT2D eigenvalue weighted by Gasteiger charge is 2.19. The van der Waals surface area contributed by atoms with E-state index in [0.29, 0.717) is 11.3 Å². The maximum absolute atomic E-state index is 12.4. The lowest BCUT2D eigenvalue weighted by molar-refractivity contribution is 0.0937. The van der Waals surface area contributed by atoms with Gasteiger partial charge in [-0.15, -0.1) is 0 Å². The molecule has 2 amide bonds. The molecule has 1 aliphatic carbocycles. The van der Waals surface area contributed by atoms with Gasteiger partial charge in [0.15, 0.2) is 0 Å². The van der Waals surface area contributed by atoms with Crippen LogP contribution in [0.15, 0.2) is 42.6 Å². The number of nitrogens with one attached hydrogen (secondary N) is 2. The first-order valence-electron chi connectivity index (χ1n) is 8.88. The number of hydrogen-bond donors (Lipinski definition) is 2. The molecule has 0 radical (unpaired) electrons. The van der Waals surface area contributed by atoms with Gasteiger partial charge < -0.3 is 15.5 Å². The van der Waals surface area contributed by atoms with Crippen LogP contribution in [-0.4, -0.2) is 36.9 Å². The van der Waals surface area contributed by atoms with Gasteiger partial charge in [-0.1, -0.05) is 12.8 Å². The summed E-state index contributed by atoms with van der Waals surface area (Å²) in [6, 6.07) is 10.9. The zero-order chi connectivity index (χ0) is 18.5. The summed E-state index contributed by atoms with van der Waals surface area (Å²) < 4.78 is 0. The zero-order valence-electron chi connectivity index (χ0n) is 15.2. The van der Waals surface area contributed by atoms with Crippen molar-refractivity contribution in [3.63, 3.8) is 0 Å². The van der Waals surface area contributed by atoms with Crippen LogP contribution in [0.2, 0.25) is 0 Å². The SMILES string of the molecule is CN(C)c1ccc(NC(=O)c2cc(C(=O)NC3CCCC3)ccn2)cc1. The molecule has 0 aliphatic heterocycles. The van der Waals surface area contributed by atoms with E-state index in [9.17, 15) is 9.59 Å². The molecule has 2 aromatic rings. The molecule has 0 saturated heterocycles. The zero-order valence-corrected chi connectivity index (χ0v) is 15.2. The second kappa shape index (κ2) is 7.99. The summed E-state index contributed by atoms with van der Waals surface area (Å²) in [6.45, 7) is 0. The van der Waals surface area contributed by atoms with E-state index < -0.39 is 0 Å². The molecule has 0 bridgehead atoms. The number of carbonyl (C=O) groups is 2. The van der Waals surface area contributed by atoms with Crippen LogP contribution in [0.5, 0.6) is 0 Å². The largest absolute Gasteiger partial charge is 0.378 e. The van der Waals surface area contributed by atoms with Gasteiger partial charge >= 0.3 is 0 Å². The van der Waals surface area contributed by atoms with Crippen LogP contribution < -0.4 is 15.5 Å². The predicted molar refractivity (Wildman–Crippen MR) is 103 cm³/mol. The van der Waals surface area contributed by atoms with Crippen LogP contribution in [0.4, 0.5) is 11.4 Å². The van der Waals surface area contributed by atoms with Crippen molar-refractivity contribution in [3.8, 4) is 0 Å². The average molecular weight is 352 g/mol. The van der Waals surface area contributed by atoms with Gasteiger partial charge in [0.25, 0.3) is 11.8 Å². The number of pyridine rings is 1. The minimum absolute atomic E-state index is 0.149. The highest BCUT2D eigenvalue weighted by Crippen LogP contribution is 2.19. The standard InChI is InChI=1S/C20H24N4O2/c1-24(2)17-9-7-16(8-10-17)23-20(26)18-13-14(11-12-21-18)19(25)22-15-5-3-4-6-15/h7-13,15H,3-6H2,1-2H3,(H,22,25)(H,23,26). The van der Waals surface area contributed by atoms with Crippen molar-refractivity contribution in [2.75, 3.05) is 24.3 Å². The van der Waals surface area contributed by atoms with Crippen molar-refractivity contribution in [2.24, 2.45) is 0 Å². The molecular formula is C20H24N4O2. The third kappa shape index (κ3) is 4.39. The molecule has 1 aromatic heterocycles. The molecule has 1 heterocycles. The first-order chi connectivity index (χ1) is 12.5. The number of rotatable bonds is 5. The normalized spacial score (nSPS) is 14.1. The third-order valence-electron chi connectivity index (χ3n) is 4.59. The lowest BCUT2D eigenvalue weighted by Gasteiger charge is -2.13. The molecule has 1 saturated carbocycles. The van der Waals surface area contributed by atoms with Crippen molar-refractivity contribution in [1.29, 1.82) is 0 Å². The van der Waals surface area contributed by atoms with E-state index in [0.717, 1.165) is 31.4 Å². The Morgan fingerprint density at radius 1 is 1.04 bits per heavy atom. The topological polar surface area (TPSA) is 74.3 Å². The number of anilines is 2. The summed E-state index contributed by atoms with van der Waals surface area (Å²) in [6.07, 6.45) is 5.84. The van der Waals surface area contributed by atoms with Crippen LogP contribution in [0.3, 0.4) is 0 Å². The number of carbonyl (C=O) groups excluding carboxylic acids is 2. The van der Waals surface area contributed by atoms with Crippen molar-refractivity contribution < 1.29 is 9.59 Å². The predicted octanol–water partition coefficient (Wildman–Crippen LogP) is 3.07. The Labute approximate surface area is 153 Å². The average Bonchev–Trinajstić information content (AvgIpc) is 3.15. The van der Waals surface area contributed by atoms with Crippen LogP contribution in [0, 0.1) is 0 Å². The number of aromatic nitrogens is 1. The number of amides is 2. The van der Waals surface area contributed by atoms with Gasteiger partial charge in [0.05, 0.1) is 0 Å². The summed E-state index contributed by atoms with van der Waals surface area (Å²) in [5.74, 6) is -0.484. The molecule has 136 valence electrons. The van der Waals surface area contributed by atoms with Crippen molar-refractivity contribution in [1.82, 2.24) is 10.3 Å². The molecule has 0 unspecified atom stereocenters. The minimum atomic E-state index is -0.335. The monoisotopic (exact) mass is 352 g/mol. The Kier molecular flexibility index (Phi) is 5.51. The van der Waals surface area contributed by atoms with Gasteiger partial charge in [-0.05, 0) is 49.2 Å². The highest BCUT2D eigenvalue weighted by atomic mass is 16.2. The summed E-state index contributed by atoms with van der Waals surface area (Å²) in [7, 11) is 3.92. The summed E-state index contributed by atoms with van der Waals surface area (Å²) in [5, 5.41) is 5.84. The van der Waals surface area contributed by atoms with E-state index in [1.807, 2.05) is 43.3 Å². The fourth-order valence-corrected chi connectivity index (χ4v) is 3.07. The van der Waals surface area contributed by atoms with Crippen LogP contribution in [0.1, 0.15) is 46.5 Å². The molecule has 2 N–H and O–H groups in total. The fraction of sp³-hybridized carbons (Fsp3) is 0.350. The minimum Gasteiger partial charge on any atom is -0.378 e. The maximum Gasteiger partial charge on any atom is 0.274 e. The van der Waals surface area contributed by atoms with E-state index in [1.165, 1.54) is 12.3 Å². The van der Waals surface area contributed by atoms with Gasteiger partial charge in [0, 0.05) is 43.3 Å². The van der Waals surface area contributed by atoms with E-state index in [-0.39, 0.29) is 23.6 Å². The molecule has 1 aliphatic rings. The van der Waals surface area contributed by atoms with E-state index >= 15 is 0 Å². The summed E-state index contributed by atoms with van der Waals surface area (Å²) >= 11 is 0. The molecule has 3 rings (SSSR count). The smallest absolute Gasteiger partial charge is 0.274 e. The van der Waals surface area contributed by atoms with Gasteiger partial charge in [0.1, 0.15) is 5.69 Å². The Balaban J connectivity index is 1.66. The summed E-state index contributed by atoms with van der Waals surface area (Å²) in [4.78, 5) is 30.9. The Bertz CT molecular complexity index is 781. The van der Waals surface area contributed by atoms with Gasteiger partial charge in [-0.2, -0.15) is 0 Å². The van der Waals surface area contributed by atoms with Crippen LogP contribution in [0.25, 0.3) is 0 Å². The Hall–Kier alpha value is -2.89. The fourth-order valence-electron chi connectivity index (χ4n) is 3.07. The number of benzene rings is 1. The lowest BCUT2D eigenvalue weighted by Crippen LogP contribution is -2.32. The molecular weight excluding hydrogens is 328 g/mol. The van der Waals surface area contributed by atoms with Crippen molar-refractivity contribution >= 4 is 23.2 Å². The Morgan fingerprint density at radius 2 is 1.73 bits per heavy atom. The van der Waals surface area contributed by atoms with E-state index in [2.05, 4.69) is 15.6 Å². The molecule has 6 nitrogen and oxygen atoms in total. The third-order valence-corrected chi connectivity index (χ3v) is 4.59. The maximum atomic E-state index is 12.4. The summed E-state index contributed by atoms with van der Waals surface area (Å²) in [5.41, 5.74) is 2.41. The van der Waals surface area contributed by atoms with E-state index in [1.54, 1.807) is 6.07 Å². The molecule has 1 fully saturated rings. The first kappa shape index (κ1) is 17.9. The van der Waals surface area contributed by atoms with Crippen LogP contribution >= 0.6 is 0 Å². The van der Waals surface area contributed by atoms with Gasteiger partial charge in [0.2, 0.25) is 0 Å². The van der Waals surface area contributed by atoms with Gasteiger partial charge in [-0.25, -0.2) is 0 Å². The van der Waals surface area contributed by atoms with Gasteiger partial charge in [-0.3, -0.25) is 14.6 Å². The van der Waals surface area contributed by atoms with E-state index in [4.69, 9.17) is 0 Å². The van der Waals surface area contributed by atoms with Crippen molar-refractivity contribution in [3.05, 3.63) is 53.9 Å². The molecule has 6 heteroatoms. The number of hydrogen-bond acceptors (Lipinski definition) is 4. The van der Waals surface area contributed by atoms with Crippen LogP contribution in [-0.2, 0) is 0 Å². The molecule has 0 spiro atoms.